The fraction of sp³-hybridized carbons (Fsp3) is 0.167. The van der Waals surface area contributed by atoms with Crippen LogP contribution in [0.1, 0.15) is 5.69 Å². The van der Waals surface area contributed by atoms with Crippen LogP contribution in [0.25, 0.3) is 21.9 Å². The maximum atomic E-state index is 5.43. The Labute approximate surface area is 136 Å². The van der Waals surface area contributed by atoms with Crippen LogP contribution in [-0.4, -0.2) is 19.2 Å². The molecule has 3 aromatic rings. The lowest BCUT2D eigenvalue weighted by Crippen LogP contribution is -1.94. The Bertz CT molecular complexity index is 788. The van der Waals surface area contributed by atoms with Crippen LogP contribution in [0.4, 0.5) is 0 Å². The van der Waals surface area contributed by atoms with Crippen molar-refractivity contribution in [3.05, 3.63) is 54.4 Å². The number of ether oxygens (including phenoxy) is 2. The normalized spacial score (nSPS) is 10.1. The zero-order valence-electron chi connectivity index (χ0n) is 12.8. The Morgan fingerprint density at radius 1 is 0.864 bits per heavy atom. The first-order valence-electron chi connectivity index (χ1n) is 6.81. The molecule has 0 unspecified atom stereocenters. The van der Waals surface area contributed by atoms with Crippen molar-refractivity contribution in [1.82, 2.24) is 4.98 Å². The first-order chi connectivity index (χ1) is 10.2. The Hall–Kier alpha value is -2.26. The molecule has 3 rings (SSSR count). The average molecular weight is 316 g/mol. The third kappa shape index (κ3) is 2.72. The number of fused-ring (bicyclic) bond motifs is 1. The summed E-state index contributed by atoms with van der Waals surface area (Å²) < 4.78 is 10.8. The molecule has 0 spiro atoms. The molecule has 0 aliphatic heterocycles. The maximum Gasteiger partial charge on any atom is 0.161 e. The summed E-state index contributed by atoms with van der Waals surface area (Å²) in [5.74, 6) is 1.45. The first kappa shape index (κ1) is 16.1. The number of benzene rings is 2. The van der Waals surface area contributed by atoms with Crippen molar-refractivity contribution in [3.63, 3.8) is 0 Å². The number of halogens is 1. The van der Waals surface area contributed by atoms with E-state index in [1.54, 1.807) is 14.2 Å². The van der Waals surface area contributed by atoms with Crippen molar-refractivity contribution >= 4 is 23.2 Å². The van der Waals surface area contributed by atoms with Gasteiger partial charge in [0.25, 0.3) is 0 Å². The molecule has 1 heterocycles. The molecule has 0 fully saturated rings. The van der Waals surface area contributed by atoms with E-state index in [2.05, 4.69) is 17.1 Å². The fourth-order valence-corrected chi connectivity index (χ4v) is 2.55. The molecular weight excluding hydrogens is 298 g/mol. The molecule has 0 N–H and O–H groups in total. The van der Waals surface area contributed by atoms with Crippen molar-refractivity contribution < 1.29 is 9.47 Å². The van der Waals surface area contributed by atoms with Gasteiger partial charge in [0.1, 0.15) is 0 Å². The standard InChI is InChI=1S/C18H17NO2.ClH/c1-12-14-9-17(20-2)18(21-3)10-15(14)16(11-19-12)13-7-5-4-6-8-13;/h4-11H,1-3H3;1H. The van der Waals surface area contributed by atoms with E-state index >= 15 is 0 Å². The minimum absolute atomic E-state index is 0. The van der Waals surface area contributed by atoms with Crippen molar-refractivity contribution in [2.45, 2.75) is 6.92 Å². The van der Waals surface area contributed by atoms with Gasteiger partial charge in [-0.1, -0.05) is 30.3 Å². The monoisotopic (exact) mass is 315 g/mol. The van der Waals surface area contributed by atoms with Gasteiger partial charge in [0.2, 0.25) is 0 Å². The van der Waals surface area contributed by atoms with Crippen LogP contribution < -0.4 is 9.47 Å². The van der Waals surface area contributed by atoms with Gasteiger partial charge in [0.15, 0.2) is 11.5 Å². The van der Waals surface area contributed by atoms with E-state index in [4.69, 9.17) is 9.47 Å². The molecule has 0 saturated carbocycles. The largest absolute Gasteiger partial charge is 0.493 e. The van der Waals surface area contributed by atoms with Crippen LogP contribution >= 0.6 is 12.4 Å². The van der Waals surface area contributed by atoms with E-state index in [9.17, 15) is 0 Å². The lowest BCUT2D eigenvalue weighted by molar-refractivity contribution is 0.356. The first-order valence-corrected chi connectivity index (χ1v) is 6.81. The van der Waals surface area contributed by atoms with E-state index in [1.165, 1.54) is 0 Å². The topological polar surface area (TPSA) is 31.4 Å². The summed E-state index contributed by atoms with van der Waals surface area (Å²) in [6, 6.07) is 14.2. The van der Waals surface area contributed by atoms with Gasteiger partial charge in [-0.05, 0) is 30.0 Å². The van der Waals surface area contributed by atoms with E-state index in [1.807, 2.05) is 43.5 Å². The number of aryl methyl sites for hydroxylation is 1. The van der Waals surface area contributed by atoms with Gasteiger partial charge in [-0.2, -0.15) is 0 Å². The van der Waals surface area contributed by atoms with Crippen LogP contribution in [0, 0.1) is 6.92 Å². The quantitative estimate of drug-likeness (QED) is 0.705. The number of rotatable bonds is 3. The summed E-state index contributed by atoms with van der Waals surface area (Å²) in [4.78, 5) is 4.52. The molecule has 0 bridgehead atoms. The number of nitrogens with zero attached hydrogens (tertiary/aromatic N) is 1. The summed E-state index contributed by atoms with van der Waals surface area (Å²) in [6.45, 7) is 2.00. The summed E-state index contributed by atoms with van der Waals surface area (Å²) in [5, 5.41) is 2.19. The highest BCUT2D eigenvalue weighted by Gasteiger charge is 2.12. The second kappa shape index (κ2) is 6.67. The highest BCUT2D eigenvalue weighted by Crippen LogP contribution is 2.37. The second-order valence-electron chi connectivity index (χ2n) is 4.88. The zero-order valence-corrected chi connectivity index (χ0v) is 13.6. The fourth-order valence-electron chi connectivity index (χ4n) is 2.55. The molecule has 0 amide bonds. The number of pyridine rings is 1. The van der Waals surface area contributed by atoms with Crippen molar-refractivity contribution in [2.24, 2.45) is 0 Å². The lowest BCUT2D eigenvalue weighted by atomic mass is 9.99. The molecule has 2 aromatic carbocycles. The van der Waals surface area contributed by atoms with Gasteiger partial charge >= 0.3 is 0 Å². The third-order valence-corrected chi connectivity index (χ3v) is 3.68. The van der Waals surface area contributed by atoms with Gasteiger partial charge in [-0.3, -0.25) is 4.98 Å². The van der Waals surface area contributed by atoms with Gasteiger partial charge in [-0.25, -0.2) is 0 Å². The van der Waals surface area contributed by atoms with Crippen LogP contribution in [0.5, 0.6) is 11.5 Å². The summed E-state index contributed by atoms with van der Waals surface area (Å²) >= 11 is 0. The van der Waals surface area contributed by atoms with Crippen LogP contribution in [0.3, 0.4) is 0 Å². The SMILES string of the molecule is COc1cc2c(-c3ccccc3)cnc(C)c2cc1OC.Cl. The lowest BCUT2D eigenvalue weighted by Gasteiger charge is -2.13. The maximum absolute atomic E-state index is 5.43. The number of aromatic nitrogens is 1. The van der Waals surface area contributed by atoms with E-state index < -0.39 is 0 Å². The predicted octanol–water partition coefficient (Wildman–Crippen LogP) is 4.65. The molecular formula is C18H18ClNO2. The van der Waals surface area contributed by atoms with Gasteiger partial charge < -0.3 is 9.47 Å². The molecule has 0 atom stereocenters. The van der Waals surface area contributed by atoms with Crippen molar-refractivity contribution in [3.8, 4) is 22.6 Å². The predicted molar refractivity (Wildman–Crippen MR) is 92.3 cm³/mol. The molecule has 114 valence electrons. The van der Waals surface area contributed by atoms with Crippen molar-refractivity contribution in [1.29, 1.82) is 0 Å². The summed E-state index contributed by atoms with van der Waals surface area (Å²) in [6.07, 6.45) is 1.92. The van der Waals surface area contributed by atoms with E-state index in [0.717, 1.165) is 39.1 Å². The Balaban J connectivity index is 0.00000176. The number of hydrogen-bond donors (Lipinski definition) is 0. The molecule has 4 heteroatoms. The number of hydrogen-bond acceptors (Lipinski definition) is 3. The molecule has 0 aliphatic carbocycles. The van der Waals surface area contributed by atoms with Crippen LogP contribution in [0.15, 0.2) is 48.7 Å². The Morgan fingerprint density at radius 3 is 2.05 bits per heavy atom. The van der Waals surface area contributed by atoms with E-state index in [0.29, 0.717) is 0 Å². The molecule has 3 nitrogen and oxygen atoms in total. The van der Waals surface area contributed by atoms with Gasteiger partial charge in [0, 0.05) is 22.8 Å². The highest BCUT2D eigenvalue weighted by molar-refractivity contribution is 5.99. The van der Waals surface area contributed by atoms with Gasteiger partial charge in [0.05, 0.1) is 14.2 Å². The van der Waals surface area contributed by atoms with Crippen LogP contribution in [0.2, 0.25) is 0 Å². The minimum Gasteiger partial charge on any atom is -0.493 e. The van der Waals surface area contributed by atoms with Crippen molar-refractivity contribution in [2.75, 3.05) is 14.2 Å². The third-order valence-electron chi connectivity index (χ3n) is 3.68. The molecule has 0 radical (unpaired) electrons. The second-order valence-corrected chi connectivity index (χ2v) is 4.88. The van der Waals surface area contributed by atoms with E-state index in [-0.39, 0.29) is 12.4 Å². The van der Waals surface area contributed by atoms with Crippen LogP contribution in [-0.2, 0) is 0 Å². The smallest absolute Gasteiger partial charge is 0.161 e. The molecule has 22 heavy (non-hydrogen) atoms. The van der Waals surface area contributed by atoms with Gasteiger partial charge in [-0.15, -0.1) is 12.4 Å². The molecule has 0 saturated heterocycles. The summed E-state index contributed by atoms with van der Waals surface area (Å²) in [7, 11) is 3.30. The zero-order chi connectivity index (χ0) is 14.8. The highest BCUT2D eigenvalue weighted by atomic mass is 35.5. The average Bonchev–Trinajstić information content (AvgIpc) is 2.55. The Kier molecular flexibility index (Phi) is 4.88. The molecule has 0 aliphatic rings. The minimum atomic E-state index is 0. The number of methoxy groups -OCH3 is 2. The Morgan fingerprint density at radius 2 is 1.45 bits per heavy atom. The summed E-state index contributed by atoms with van der Waals surface area (Å²) in [5.41, 5.74) is 3.21. The molecule has 1 aromatic heterocycles.